The highest BCUT2D eigenvalue weighted by Crippen LogP contribution is 2.25. The highest BCUT2D eigenvalue weighted by molar-refractivity contribution is 6.31. The van der Waals surface area contributed by atoms with Crippen molar-refractivity contribution < 1.29 is 4.39 Å². The molecule has 0 aliphatic heterocycles. The Balaban J connectivity index is 1.96. The van der Waals surface area contributed by atoms with Crippen LogP contribution < -0.4 is 11.1 Å². The van der Waals surface area contributed by atoms with Crippen LogP contribution in [0.15, 0.2) is 18.5 Å². The number of aromatic nitrogens is 3. The van der Waals surface area contributed by atoms with E-state index in [2.05, 4.69) is 15.4 Å². The smallest absolute Gasteiger partial charge is 0.152 e. The van der Waals surface area contributed by atoms with E-state index in [4.69, 9.17) is 17.3 Å². The van der Waals surface area contributed by atoms with Crippen LogP contribution >= 0.6 is 11.6 Å². The summed E-state index contributed by atoms with van der Waals surface area (Å²) in [5.74, 6) is 0.224. The third-order valence-electron chi connectivity index (χ3n) is 2.40. The molecule has 7 heteroatoms. The average molecular weight is 270 g/mol. The molecule has 0 amide bonds. The first-order valence-corrected chi connectivity index (χ1v) is 5.77. The number of rotatable bonds is 4. The van der Waals surface area contributed by atoms with Crippen LogP contribution in [0.5, 0.6) is 0 Å². The molecule has 1 aromatic heterocycles. The van der Waals surface area contributed by atoms with Crippen LogP contribution in [0.4, 0.5) is 15.8 Å². The highest BCUT2D eigenvalue weighted by atomic mass is 35.5. The van der Waals surface area contributed by atoms with Gasteiger partial charge in [-0.1, -0.05) is 11.6 Å². The van der Waals surface area contributed by atoms with Crippen molar-refractivity contribution in [3.05, 3.63) is 35.1 Å². The van der Waals surface area contributed by atoms with Gasteiger partial charge in [-0.3, -0.25) is 4.68 Å². The van der Waals surface area contributed by atoms with Gasteiger partial charge in [0.15, 0.2) is 5.82 Å². The van der Waals surface area contributed by atoms with Crippen molar-refractivity contribution in [2.75, 3.05) is 17.6 Å². The number of nitrogens with zero attached hydrogens (tertiary/aromatic N) is 3. The monoisotopic (exact) mass is 269 g/mol. The van der Waals surface area contributed by atoms with E-state index in [-0.39, 0.29) is 5.02 Å². The van der Waals surface area contributed by atoms with Gasteiger partial charge in [-0.05, 0) is 6.07 Å². The topological polar surface area (TPSA) is 68.8 Å². The molecule has 1 aromatic carbocycles. The van der Waals surface area contributed by atoms with Gasteiger partial charge in [-0.15, -0.1) is 0 Å². The van der Waals surface area contributed by atoms with Crippen LogP contribution in [0.25, 0.3) is 0 Å². The summed E-state index contributed by atoms with van der Waals surface area (Å²) in [4.78, 5) is 4.09. The molecule has 96 valence electrons. The van der Waals surface area contributed by atoms with Crippen molar-refractivity contribution in [1.82, 2.24) is 14.8 Å². The van der Waals surface area contributed by atoms with Crippen molar-refractivity contribution >= 4 is 23.0 Å². The lowest BCUT2D eigenvalue weighted by atomic mass is 10.2. The standard InChI is InChI=1S/C11H13ClFN5/c1-18-6-16-11(17-18)2-3-15-10-5-8(13)7(12)4-9(10)14/h4-6,15H,2-3,14H2,1H3. The van der Waals surface area contributed by atoms with Gasteiger partial charge in [-0.2, -0.15) is 5.10 Å². The summed E-state index contributed by atoms with van der Waals surface area (Å²) >= 11 is 5.61. The Bertz CT molecular complexity index is 554. The minimum atomic E-state index is -0.496. The van der Waals surface area contributed by atoms with E-state index in [0.29, 0.717) is 24.3 Å². The highest BCUT2D eigenvalue weighted by Gasteiger charge is 2.06. The predicted octanol–water partition coefficient (Wildman–Crippen LogP) is 1.84. The molecule has 18 heavy (non-hydrogen) atoms. The van der Waals surface area contributed by atoms with Gasteiger partial charge < -0.3 is 11.1 Å². The van der Waals surface area contributed by atoms with Crippen LogP contribution in [0.2, 0.25) is 5.02 Å². The summed E-state index contributed by atoms with van der Waals surface area (Å²) in [7, 11) is 1.80. The van der Waals surface area contributed by atoms with E-state index >= 15 is 0 Å². The molecule has 0 saturated heterocycles. The lowest BCUT2D eigenvalue weighted by Gasteiger charge is -2.09. The summed E-state index contributed by atoms with van der Waals surface area (Å²) in [5.41, 5.74) is 6.66. The summed E-state index contributed by atoms with van der Waals surface area (Å²) in [6.45, 7) is 0.565. The largest absolute Gasteiger partial charge is 0.397 e. The van der Waals surface area contributed by atoms with Gasteiger partial charge in [0, 0.05) is 26.1 Å². The van der Waals surface area contributed by atoms with E-state index in [9.17, 15) is 4.39 Å². The molecule has 5 nitrogen and oxygen atoms in total. The van der Waals surface area contributed by atoms with Gasteiger partial charge in [0.2, 0.25) is 0 Å². The lowest BCUT2D eigenvalue weighted by Crippen LogP contribution is -2.08. The van der Waals surface area contributed by atoms with Crippen molar-refractivity contribution in [2.45, 2.75) is 6.42 Å². The molecular weight excluding hydrogens is 257 g/mol. The zero-order chi connectivity index (χ0) is 13.1. The quantitative estimate of drug-likeness (QED) is 0.831. The van der Waals surface area contributed by atoms with Gasteiger partial charge in [0.05, 0.1) is 16.4 Å². The molecule has 0 aliphatic rings. The Morgan fingerprint density at radius 2 is 2.28 bits per heavy atom. The van der Waals surface area contributed by atoms with Gasteiger partial charge >= 0.3 is 0 Å². The second kappa shape index (κ2) is 5.22. The van der Waals surface area contributed by atoms with Crippen LogP contribution in [0, 0.1) is 5.82 Å². The van der Waals surface area contributed by atoms with Crippen molar-refractivity contribution in [2.24, 2.45) is 7.05 Å². The fourth-order valence-corrected chi connectivity index (χ4v) is 1.69. The summed E-state index contributed by atoms with van der Waals surface area (Å²) in [6.07, 6.45) is 2.26. The van der Waals surface area contributed by atoms with Crippen LogP contribution in [-0.2, 0) is 13.5 Å². The molecule has 0 fully saturated rings. The Morgan fingerprint density at radius 3 is 2.94 bits per heavy atom. The number of nitrogens with one attached hydrogen (secondary N) is 1. The number of anilines is 2. The first kappa shape index (κ1) is 12.6. The average Bonchev–Trinajstić information content (AvgIpc) is 2.71. The molecular formula is C11H13ClFN5. The second-order valence-electron chi connectivity index (χ2n) is 3.86. The van der Waals surface area contributed by atoms with Crippen molar-refractivity contribution in [3.8, 4) is 0 Å². The van der Waals surface area contributed by atoms with Crippen molar-refractivity contribution in [3.63, 3.8) is 0 Å². The van der Waals surface area contributed by atoms with E-state index < -0.39 is 5.82 Å². The molecule has 2 rings (SSSR count). The zero-order valence-electron chi connectivity index (χ0n) is 9.82. The summed E-state index contributed by atoms with van der Waals surface area (Å²) < 4.78 is 14.9. The number of hydrogen-bond donors (Lipinski definition) is 2. The van der Waals surface area contributed by atoms with Gasteiger partial charge in [0.1, 0.15) is 12.1 Å². The number of nitrogen functional groups attached to an aromatic ring is 1. The Morgan fingerprint density at radius 1 is 1.50 bits per heavy atom. The summed E-state index contributed by atoms with van der Waals surface area (Å²) in [6, 6.07) is 2.67. The van der Waals surface area contributed by atoms with E-state index in [1.807, 2.05) is 0 Å². The predicted molar refractivity (Wildman–Crippen MR) is 69.0 cm³/mol. The van der Waals surface area contributed by atoms with Crippen molar-refractivity contribution in [1.29, 1.82) is 0 Å². The number of hydrogen-bond acceptors (Lipinski definition) is 4. The summed E-state index contributed by atoms with van der Waals surface area (Å²) in [5, 5.41) is 7.18. The molecule has 0 radical (unpaired) electrons. The zero-order valence-corrected chi connectivity index (χ0v) is 10.6. The van der Waals surface area contributed by atoms with Gasteiger partial charge in [-0.25, -0.2) is 9.37 Å². The lowest BCUT2D eigenvalue weighted by molar-refractivity contribution is 0.629. The molecule has 0 aliphatic carbocycles. The molecule has 0 unspecified atom stereocenters. The molecule has 3 N–H and O–H groups in total. The first-order chi connectivity index (χ1) is 8.56. The SMILES string of the molecule is Cn1cnc(CCNc2cc(F)c(Cl)cc2N)n1. The first-order valence-electron chi connectivity index (χ1n) is 5.39. The molecule has 0 bridgehead atoms. The van der Waals surface area contributed by atoms with E-state index in [1.54, 1.807) is 18.1 Å². The maximum absolute atomic E-state index is 13.3. The number of benzene rings is 1. The number of nitrogens with two attached hydrogens (primary N) is 1. The van der Waals surface area contributed by atoms with E-state index in [0.717, 1.165) is 5.82 Å². The Hall–Kier alpha value is -1.82. The fraction of sp³-hybridized carbons (Fsp3) is 0.273. The molecule has 0 saturated carbocycles. The molecule has 0 atom stereocenters. The third-order valence-corrected chi connectivity index (χ3v) is 2.69. The van der Waals surface area contributed by atoms with Crippen LogP contribution in [-0.4, -0.2) is 21.3 Å². The van der Waals surface area contributed by atoms with Crippen LogP contribution in [0.1, 0.15) is 5.82 Å². The maximum Gasteiger partial charge on any atom is 0.152 e. The van der Waals surface area contributed by atoms with E-state index in [1.165, 1.54) is 12.1 Å². The normalized spacial score (nSPS) is 10.6. The Kier molecular flexibility index (Phi) is 3.66. The number of aryl methyl sites for hydroxylation is 1. The minimum absolute atomic E-state index is 0.0180. The molecule has 2 aromatic rings. The Labute approximate surface area is 109 Å². The number of halogens is 2. The molecule has 1 heterocycles. The van der Waals surface area contributed by atoms with Gasteiger partial charge in [0.25, 0.3) is 0 Å². The molecule has 0 spiro atoms. The maximum atomic E-state index is 13.3. The van der Waals surface area contributed by atoms with Crippen LogP contribution in [0.3, 0.4) is 0 Å². The second-order valence-corrected chi connectivity index (χ2v) is 4.27. The fourth-order valence-electron chi connectivity index (χ4n) is 1.52. The third kappa shape index (κ3) is 2.89. The minimum Gasteiger partial charge on any atom is -0.397 e.